The fourth-order valence-electron chi connectivity index (χ4n) is 5.27. The second-order valence-corrected chi connectivity index (χ2v) is 10.6. The number of carbonyl (C=O) groups is 1. The summed E-state index contributed by atoms with van der Waals surface area (Å²) < 4.78 is 0. The second-order valence-electron chi connectivity index (χ2n) is 9.64. The number of piperidine rings is 1. The molecule has 2 atom stereocenters. The van der Waals surface area contributed by atoms with E-state index in [0.29, 0.717) is 24.1 Å². The van der Waals surface area contributed by atoms with Crippen LogP contribution in [0.5, 0.6) is 0 Å². The lowest BCUT2D eigenvalue weighted by Gasteiger charge is -2.53. The first kappa shape index (κ1) is 22.0. The molecule has 0 spiro atoms. The van der Waals surface area contributed by atoms with Gasteiger partial charge in [0.15, 0.2) is 5.13 Å². The molecule has 0 saturated carbocycles. The quantitative estimate of drug-likeness (QED) is 0.421. The highest BCUT2D eigenvalue weighted by Gasteiger charge is 2.45. The van der Waals surface area contributed by atoms with Crippen molar-refractivity contribution in [2.24, 2.45) is 5.92 Å². The van der Waals surface area contributed by atoms with Crippen LogP contribution in [0.25, 0.3) is 16.1 Å². The van der Waals surface area contributed by atoms with Crippen molar-refractivity contribution in [3.8, 4) is 16.1 Å². The number of carbonyl (C=O) groups excluding carboxylic acids is 1. The minimum absolute atomic E-state index is 0.0436. The van der Waals surface area contributed by atoms with Crippen molar-refractivity contribution in [3.63, 3.8) is 0 Å². The maximum Gasteiger partial charge on any atom is 0.256 e. The Balaban J connectivity index is 1.24. The van der Waals surface area contributed by atoms with Crippen LogP contribution < -0.4 is 4.90 Å². The van der Waals surface area contributed by atoms with Gasteiger partial charge >= 0.3 is 0 Å². The lowest BCUT2D eigenvalue weighted by atomic mass is 9.82. The van der Waals surface area contributed by atoms with E-state index < -0.39 is 0 Å². The van der Waals surface area contributed by atoms with Gasteiger partial charge in [0, 0.05) is 25.6 Å². The van der Waals surface area contributed by atoms with E-state index in [-0.39, 0.29) is 5.91 Å². The maximum atomic E-state index is 13.7. The number of aromatic nitrogens is 4. The van der Waals surface area contributed by atoms with E-state index >= 15 is 0 Å². The highest BCUT2D eigenvalue weighted by Crippen LogP contribution is 2.42. The third-order valence-corrected chi connectivity index (χ3v) is 8.41. The summed E-state index contributed by atoms with van der Waals surface area (Å²) in [5.74, 6) is 0.650. The summed E-state index contributed by atoms with van der Waals surface area (Å²) in [5, 5.41) is 9.57. The number of amides is 1. The number of aryl methyl sites for hydroxylation is 3. The number of rotatable bonds is 4. The van der Waals surface area contributed by atoms with Gasteiger partial charge in [-0.1, -0.05) is 52.8 Å². The van der Waals surface area contributed by atoms with Crippen molar-refractivity contribution in [1.82, 2.24) is 24.9 Å². The highest BCUT2D eigenvalue weighted by molar-refractivity contribution is 7.19. The summed E-state index contributed by atoms with van der Waals surface area (Å²) in [6.45, 7) is 8.72. The summed E-state index contributed by atoms with van der Waals surface area (Å²) in [7, 11) is 0. The number of likely N-dealkylation sites (tertiary alicyclic amines) is 1. The van der Waals surface area contributed by atoms with E-state index in [4.69, 9.17) is 4.98 Å². The van der Waals surface area contributed by atoms with E-state index in [1.807, 2.05) is 30.0 Å². The van der Waals surface area contributed by atoms with Crippen LogP contribution in [-0.4, -0.2) is 56.5 Å². The summed E-state index contributed by atoms with van der Waals surface area (Å²) in [6.07, 6.45) is 4.28. The van der Waals surface area contributed by atoms with Crippen LogP contribution in [0.1, 0.15) is 33.6 Å². The zero-order valence-electron chi connectivity index (χ0n) is 20.2. The minimum atomic E-state index is 0.0436. The van der Waals surface area contributed by atoms with E-state index in [2.05, 4.69) is 53.2 Å². The molecule has 2 aliphatic rings. The van der Waals surface area contributed by atoms with Gasteiger partial charge < -0.3 is 9.80 Å². The van der Waals surface area contributed by atoms with Crippen LogP contribution in [0.3, 0.4) is 0 Å². The van der Waals surface area contributed by atoms with Gasteiger partial charge in [-0.15, -0.1) is 0 Å². The zero-order valence-corrected chi connectivity index (χ0v) is 21.0. The van der Waals surface area contributed by atoms with Gasteiger partial charge in [0.05, 0.1) is 40.3 Å². The molecule has 2 aromatic heterocycles. The molecule has 0 N–H and O–H groups in total. The monoisotopic (exact) mass is 484 g/mol. The molecule has 0 unspecified atom stereocenters. The minimum Gasteiger partial charge on any atom is -0.343 e. The van der Waals surface area contributed by atoms with Crippen LogP contribution in [0.2, 0.25) is 0 Å². The molecular formula is C27H28N6OS. The molecule has 2 aliphatic heterocycles. The van der Waals surface area contributed by atoms with Crippen LogP contribution in [0.15, 0.2) is 54.9 Å². The number of anilines is 1. The Labute approximate surface area is 209 Å². The van der Waals surface area contributed by atoms with Crippen molar-refractivity contribution in [3.05, 3.63) is 77.2 Å². The number of hydrogen-bond donors (Lipinski definition) is 0. The molecule has 4 aromatic rings. The van der Waals surface area contributed by atoms with Crippen molar-refractivity contribution in [1.29, 1.82) is 0 Å². The Kier molecular flexibility index (Phi) is 5.40. The smallest absolute Gasteiger partial charge is 0.256 e. The Bertz CT molecular complexity index is 1390. The zero-order chi connectivity index (χ0) is 24.1. The fraction of sp³-hybridized carbons (Fsp3) is 0.333. The van der Waals surface area contributed by atoms with Crippen LogP contribution in [0.4, 0.5) is 5.13 Å². The van der Waals surface area contributed by atoms with E-state index in [9.17, 15) is 4.79 Å². The average molecular weight is 485 g/mol. The average Bonchev–Trinajstić information content (AvgIpc) is 3.49. The SMILES string of the molecule is Cc1cccc(-c2sc(N3C[C@@H]4CCN(C(=O)c5cc(C)ccc5-n5nccn5)C[C@@H]43)nc2C)c1. The molecule has 2 aromatic carbocycles. The van der Waals surface area contributed by atoms with Crippen molar-refractivity contribution < 1.29 is 4.79 Å². The van der Waals surface area contributed by atoms with E-state index in [1.165, 1.54) is 20.8 Å². The molecule has 0 bridgehead atoms. The Morgan fingerprint density at radius 3 is 2.60 bits per heavy atom. The predicted octanol–water partition coefficient (Wildman–Crippen LogP) is 4.67. The lowest BCUT2D eigenvalue weighted by molar-refractivity contribution is 0.0592. The first-order valence-electron chi connectivity index (χ1n) is 12.1. The van der Waals surface area contributed by atoms with Gasteiger partial charge in [0.1, 0.15) is 0 Å². The molecule has 0 aliphatic carbocycles. The molecule has 7 nitrogen and oxygen atoms in total. The topological polar surface area (TPSA) is 67.2 Å². The van der Waals surface area contributed by atoms with Gasteiger partial charge in [-0.25, -0.2) is 4.98 Å². The third kappa shape index (κ3) is 3.91. The summed E-state index contributed by atoms with van der Waals surface area (Å²) in [5.41, 5.74) is 5.96. The summed E-state index contributed by atoms with van der Waals surface area (Å²) in [6, 6.07) is 14.8. The second kappa shape index (κ2) is 8.61. The van der Waals surface area contributed by atoms with Gasteiger partial charge in [0.25, 0.3) is 5.91 Å². The fourth-order valence-corrected chi connectivity index (χ4v) is 6.40. The molecule has 35 heavy (non-hydrogen) atoms. The largest absolute Gasteiger partial charge is 0.343 e. The van der Waals surface area contributed by atoms with Crippen molar-refractivity contribution in [2.45, 2.75) is 33.2 Å². The first-order valence-corrected chi connectivity index (χ1v) is 12.9. The van der Waals surface area contributed by atoms with Gasteiger partial charge in [-0.2, -0.15) is 15.0 Å². The van der Waals surface area contributed by atoms with Crippen LogP contribution in [-0.2, 0) is 0 Å². The Morgan fingerprint density at radius 2 is 1.80 bits per heavy atom. The van der Waals surface area contributed by atoms with Gasteiger partial charge in [-0.3, -0.25) is 4.79 Å². The summed E-state index contributed by atoms with van der Waals surface area (Å²) >= 11 is 1.76. The molecule has 178 valence electrons. The number of thiazole rings is 1. The molecule has 1 amide bonds. The molecule has 2 saturated heterocycles. The standard InChI is InChI=1S/C27H28N6OS/c1-17-5-4-6-20(13-17)25-19(3)30-27(35-25)32-15-21-9-12-31(16-24(21)32)26(34)22-14-18(2)7-8-23(22)33-28-10-11-29-33/h4-8,10-11,13-14,21,24H,9,12,15-16H2,1-3H3/t21-,24-/m0/s1. The number of nitrogens with zero attached hydrogens (tertiary/aromatic N) is 6. The number of benzene rings is 2. The lowest BCUT2D eigenvalue weighted by Crippen LogP contribution is -2.65. The van der Waals surface area contributed by atoms with Gasteiger partial charge in [-0.05, 0) is 44.9 Å². The highest BCUT2D eigenvalue weighted by atomic mass is 32.1. The van der Waals surface area contributed by atoms with Crippen LogP contribution >= 0.6 is 11.3 Å². The normalized spacial score (nSPS) is 19.4. The van der Waals surface area contributed by atoms with Gasteiger partial charge in [0.2, 0.25) is 0 Å². The number of fused-ring (bicyclic) bond motifs is 1. The Morgan fingerprint density at radius 1 is 1.00 bits per heavy atom. The first-order chi connectivity index (χ1) is 17.0. The van der Waals surface area contributed by atoms with E-state index in [1.54, 1.807) is 23.7 Å². The molecular weight excluding hydrogens is 456 g/mol. The molecule has 0 radical (unpaired) electrons. The van der Waals surface area contributed by atoms with Crippen molar-refractivity contribution >= 4 is 22.4 Å². The third-order valence-electron chi connectivity index (χ3n) is 7.17. The number of hydrogen-bond acceptors (Lipinski definition) is 6. The molecule has 4 heterocycles. The Hall–Kier alpha value is -3.52. The van der Waals surface area contributed by atoms with E-state index in [0.717, 1.165) is 41.6 Å². The van der Waals surface area contributed by atoms with Crippen molar-refractivity contribution in [2.75, 3.05) is 24.5 Å². The maximum absolute atomic E-state index is 13.7. The summed E-state index contributed by atoms with van der Waals surface area (Å²) in [4.78, 5) is 25.8. The molecule has 6 rings (SSSR count). The van der Waals surface area contributed by atoms with Crippen LogP contribution in [0, 0.1) is 26.7 Å². The molecule has 8 heteroatoms. The molecule has 2 fully saturated rings. The predicted molar refractivity (Wildman–Crippen MR) is 138 cm³/mol.